The zero-order chi connectivity index (χ0) is 8.27. The highest BCUT2D eigenvalue weighted by atomic mass is 16.6. The van der Waals surface area contributed by atoms with Gasteiger partial charge in [0.15, 0.2) is 6.29 Å². The van der Waals surface area contributed by atoms with Crippen molar-refractivity contribution in [3.8, 4) is 0 Å². The molecule has 0 spiro atoms. The Morgan fingerprint density at radius 3 is 3.00 bits per heavy atom. The smallest absolute Gasteiger partial charge is 0.151 e. The maximum absolute atomic E-state index is 10.2. The molecule has 11 heavy (non-hydrogen) atoms. The van der Waals surface area contributed by atoms with E-state index in [1.54, 1.807) is 7.11 Å². The predicted octanol–water partition coefficient (Wildman–Crippen LogP) is -0.650. The maximum Gasteiger partial charge on any atom is 0.151 e. The Hall–Kier alpha value is -0.450. The third-order valence-corrected chi connectivity index (χ3v) is 1.72. The third-order valence-electron chi connectivity index (χ3n) is 1.72. The summed E-state index contributed by atoms with van der Waals surface area (Å²) in [5.41, 5.74) is 0. The first-order valence-corrected chi connectivity index (χ1v) is 3.55. The lowest BCUT2D eigenvalue weighted by atomic mass is 10.1. The van der Waals surface area contributed by atoms with E-state index in [2.05, 4.69) is 0 Å². The van der Waals surface area contributed by atoms with Gasteiger partial charge in [0, 0.05) is 13.5 Å². The normalized spacial score (nSPS) is 37.5. The molecule has 0 amide bonds. The summed E-state index contributed by atoms with van der Waals surface area (Å²) < 4.78 is 9.94. The lowest BCUT2D eigenvalue weighted by molar-refractivity contribution is -0.121. The van der Waals surface area contributed by atoms with Gasteiger partial charge in [0.1, 0.15) is 6.10 Å². The van der Waals surface area contributed by atoms with Crippen LogP contribution in [0, 0.1) is 0 Å². The van der Waals surface area contributed by atoms with Gasteiger partial charge in [-0.1, -0.05) is 0 Å². The van der Waals surface area contributed by atoms with Gasteiger partial charge in [0.05, 0.1) is 18.8 Å². The minimum absolute atomic E-state index is 0.134. The molecule has 1 fully saturated rings. The Morgan fingerprint density at radius 1 is 1.82 bits per heavy atom. The van der Waals surface area contributed by atoms with E-state index in [1.165, 1.54) is 0 Å². The third kappa shape index (κ3) is 1.99. The molecule has 1 saturated heterocycles. The number of aliphatic hydroxyl groups is 1. The van der Waals surface area contributed by atoms with Gasteiger partial charge in [-0.25, -0.2) is 0 Å². The summed E-state index contributed by atoms with van der Waals surface area (Å²) in [5, 5.41) is 9.17. The Kier molecular flexibility index (Phi) is 2.99. The van der Waals surface area contributed by atoms with Crippen LogP contribution in [0.15, 0.2) is 0 Å². The predicted molar refractivity (Wildman–Crippen MR) is 37.2 cm³/mol. The van der Waals surface area contributed by atoms with Crippen LogP contribution in [-0.4, -0.2) is 43.4 Å². The second-order valence-electron chi connectivity index (χ2n) is 2.62. The molecule has 0 radical (unpaired) electrons. The number of methoxy groups -OCH3 is 1. The van der Waals surface area contributed by atoms with Crippen LogP contribution >= 0.6 is 0 Å². The van der Waals surface area contributed by atoms with E-state index in [1.807, 2.05) is 0 Å². The zero-order valence-electron chi connectivity index (χ0n) is 6.40. The highest BCUT2D eigenvalue weighted by Gasteiger charge is 2.33. The molecule has 1 aliphatic rings. The van der Waals surface area contributed by atoms with Crippen molar-refractivity contribution in [3.05, 3.63) is 0 Å². The van der Waals surface area contributed by atoms with Crippen molar-refractivity contribution in [2.45, 2.75) is 24.7 Å². The molecule has 1 aliphatic heterocycles. The van der Waals surface area contributed by atoms with E-state index in [0.717, 1.165) is 0 Å². The molecule has 1 heterocycles. The average molecular weight is 160 g/mol. The molecular weight excluding hydrogens is 148 g/mol. The van der Waals surface area contributed by atoms with Crippen molar-refractivity contribution in [3.63, 3.8) is 0 Å². The fourth-order valence-electron chi connectivity index (χ4n) is 1.19. The first-order valence-electron chi connectivity index (χ1n) is 3.55. The van der Waals surface area contributed by atoms with Gasteiger partial charge < -0.3 is 19.4 Å². The van der Waals surface area contributed by atoms with Crippen molar-refractivity contribution in [2.24, 2.45) is 0 Å². The second-order valence-corrected chi connectivity index (χ2v) is 2.62. The largest absolute Gasteiger partial charge is 0.390 e. The fraction of sp³-hybridized carbons (Fsp3) is 0.857. The number of hydrogen-bond donors (Lipinski definition) is 1. The molecular formula is C7H12O4. The number of carbonyl (C=O) groups is 1. The topological polar surface area (TPSA) is 55.8 Å². The summed E-state index contributed by atoms with van der Waals surface area (Å²) in [4.78, 5) is 10.2. The number of ether oxygens (including phenoxy) is 2. The molecule has 64 valence electrons. The van der Waals surface area contributed by atoms with Gasteiger partial charge in [-0.3, -0.25) is 0 Å². The van der Waals surface area contributed by atoms with Crippen molar-refractivity contribution in [1.29, 1.82) is 0 Å². The molecule has 4 nitrogen and oxygen atoms in total. The lowest BCUT2D eigenvalue weighted by Crippen LogP contribution is -2.22. The monoisotopic (exact) mass is 160 g/mol. The molecule has 0 aromatic carbocycles. The quantitative estimate of drug-likeness (QED) is 0.557. The van der Waals surface area contributed by atoms with Gasteiger partial charge in [-0.2, -0.15) is 0 Å². The van der Waals surface area contributed by atoms with E-state index in [-0.39, 0.29) is 6.10 Å². The van der Waals surface area contributed by atoms with Crippen LogP contribution in [-0.2, 0) is 14.3 Å². The summed E-state index contributed by atoms with van der Waals surface area (Å²) >= 11 is 0. The molecule has 1 N–H and O–H groups in total. The number of hydrogen-bond acceptors (Lipinski definition) is 4. The van der Waals surface area contributed by atoms with E-state index in [0.29, 0.717) is 19.3 Å². The average Bonchev–Trinajstić information content (AvgIpc) is 2.32. The number of rotatable bonds is 3. The van der Waals surface area contributed by atoms with Crippen LogP contribution in [0.2, 0.25) is 0 Å². The van der Waals surface area contributed by atoms with Gasteiger partial charge in [-0.05, 0) is 0 Å². The Morgan fingerprint density at radius 2 is 2.55 bits per heavy atom. The van der Waals surface area contributed by atoms with Gasteiger partial charge in [0.2, 0.25) is 0 Å². The zero-order valence-corrected chi connectivity index (χ0v) is 6.40. The van der Waals surface area contributed by atoms with Gasteiger partial charge in [0.25, 0.3) is 0 Å². The Balaban J connectivity index is 2.36. The number of aliphatic hydroxyl groups excluding tert-OH is 1. The van der Waals surface area contributed by atoms with Crippen LogP contribution in [0.5, 0.6) is 0 Å². The minimum atomic E-state index is -0.660. The summed E-state index contributed by atoms with van der Waals surface area (Å²) in [6.07, 6.45) is -0.342. The van der Waals surface area contributed by atoms with Gasteiger partial charge in [-0.15, -0.1) is 0 Å². The summed E-state index contributed by atoms with van der Waals surface area (Å²) in [7, 11) is 1.56. The van der Waals surface area contributed by atoms with Crippen LogP contribution in [0.3, 0.4) is 0 Å². The van der Waals surface area contributed by atoms with Crippen LogP contribution in [0.1, 0.15) is 6.42 Å². The van der Waals surface area contributed by atoms with Crippen LogP contribution in [0.4, 0.5) is 0 Å². The van der Waals surface area contributed by atoms with Crippen LogP contribution in [0.25, 0.3) is 0 Å². The highest BCUT2D eigenvalue weighted by molar-refractivity contribution is 5.57. The fourth-order valence-corrected chi connectivity index (χ4v) is 1.19. The van der Waals surface area contributed by atoms with E-state index >= 15 is 0 Å². The number of carbonyl (C=O) groups excluding carboxylic acids is 1. The SMILES string of the molecule is COC[C@H]1CC(O)[C@H](C=O)O1. The van der Waals surface area contributed by atoms with Crippen molar-refractivity contribution < 1.29 is 19.4 Å². The van der Waals surface area contributed by atoms with Crippen molar-refractivity contribution in [1.82, 2.24) is 0 Å². The molecule has 0 aromatic rings. The summed E-state index contributed by atoms with van der Waals surface area (Å²) in [6, 6.07) is 0. The van der Waals surface area contributed by atoms with Crippen molar-refractivity contribution in [2.75, 3.05) is 13.7 Å². The molecule has 0 aliphatic carbocycles. The van der Waals surface area contributed by atoms with Crippen molar-refractivity contribution >= 4 is 6.29 Å². The standard InChI is InChI=1S/C7H12O4/c1-10-4-5-2-6(9)7(3-8)11-5/h3,5-7,9H,2,4H2,1H3/t5-,6?,7+/m1/s1. The lowest BCUT2D eigenvalue weighted by Gasteiger charge is -2.07. The molecule has 1 rings (SSSR count). The van der Waals surface area contributed by atoms with E-state index < -0.39 is 12.2 Å². The highest BCUT2D eigenvalue weighted by Crippen LogP contribution is 2.18. The molecule has 0 bridgehead atoms. The Bertz CT molecular complexity index is 136. The summed E-state index contributed by atoms with van der Waals surface area (Å²) in [6.45, 7) is 0.432. The molecule has 3 atom stereocenters. The minimum Gasteiger partial charge on any atom is -0.390 e. The maximum atomic E-state index is 10.2. The molecule has 0 saturated carbocycles. The molecule has 0 aromatic heterocycles. The first-order chi connectivity index (χ1) is 5.27. The van der Waals surface area contributed by atoms with Crippen LogP contribution < -0.4 is 0 Å². The Labute approximate surface area is 65.1 Å². The first kappa shape index (κ1) is 8.64. The number of aldehydes is 1. The van der Waals surface area contributed by atoms with E-state index in [9.17, 15) is 9.90 Å². The summed E-state index contributed by atoms with van der Waals surface area (Å²) in [5.74, 6) is 0. The second kappa shape index (κ2) is 3.80. The molecule has 4 heteroatoms. The molecule has 1 unspecified atom stereocenters. The van der Waals surface area contributed by atoms with E-state index in [4.69, 9.17) is 9.47 Å². The van der Waals surface area contributed by atoms with Gasteiger partial charge >= 0.3 is 0 Å².